The van der Waals surface area contributed by atoms with Gasteiger partial charge in [0.15, 0.2) is 11.6 Å². The highest BCUT2D eigenvalue weighted by Crippen LogP contribution is 2.33. The lowest BCUT2D eigenvalue weighted by atomic mass is 9.80. The predicted molar refractivity (Wildman–Crippen MR) is 122 cm³/mol. The van der Waals surface area contributed by atoms with Crippen molar-refractivity contribution in [3.63, 3.8) is 0 Å². The molecule has 1 fully saturated rings. The van der Waals surface area contributed by atoms with Crippen LogP contribution in [0, 0.1) is 40.6 Å². The van der Waals surface area contributed by atoms with E-state index >= 15 is 0 Å². The van der Waals surface area contributed by atoms with Crippen LogP contribution in [-0.4, -0.2) is 12.6 Å². The van der Waals surface area contributed by atoms with Gasteiger partial charge in [-0.3, -0.25) is 0 Å². The minimum absolute atomic E-state index is 0.0236. The van der Waals surface area contributed by atoms with E-state index in [0.29, 0.717) is 17.5 Å². The average molecular weight is 474 g/mol. The Hall–Kier alpha value is -3.01. The molecule has 0 saturated heterocycles. The lowest BCUT2D eigenvalue weighted by Gasteiger charge is -2.28. The van der Waals surface area contributed by atoms with Gasteiger partial charge in [-0.15, -0.1) is 0 Å². The first kappa shape index (κ1) is 25.6. The van der Waals surface area contributed by atoms with Crippen LogP contribution in [0.15, 0.2) is 30.3 Å². The topological polar surface area (TPSA) is 59.3 Å². The molecule has 0 N–H and O–H groups in total. The highest BCUT2D eigenvalue weighted by Gasteiger charge is 2.28. The largest absolute Gasteiger partial charge is 0.490 e. The van der Waals surface area contributed by atoms with E-state index in [4.69, 9.17) is 14.7 Å². The normalized spacial score (nSPS) is 17.7. The second-order valence-electron chi connectivity index (χ2n) is 8.93. The number of benzene rings is 2. The maximum Gasteiger partial charge on any atom is 0.349 e. The Morgan fingerprint density at radius 1 is 1.00 bits per heavy atom. The molecule has 0 aliphatic heterocycles. The second-order valence-corrected chi connectivity index (χ2v) is 8.93. The fourth-order valence-electron chi connectivity index (χ4n) is 4.38. The van der Waals surface area contributed by atoms with Crippen LogP contribution in [0.4, 0.5) is 13.2 Å². The minimum Gasteiger partial charge on any atom is -0.490 e. The fourth-order valence-corrected chi connectivity index (χ4v) is 4.38. The van der Waals surface area contributed by atoms with E-state index in [-0.39, 0.29) is 18.3 Å². The molecule has 34 heavy (non-hydrogen) atoms. The molecule has 0 heterocycles. The Morgan fingerprint density at radius 2 is 1.68 bits per heavy atom. The van der Waals surface area contributed by atoms with Gasteiger partial charge in [0.25, 0.3) is 0 Å². The van der Waals surface area contributed by atoms with Gasteiger partial charge in [-0.25, -0.2) is 13.6 Å². The Morgan fingerprint density at radius 3 is 2.32 bits per heavy atom. The van der Waals surface area contributed by atoms with Crippen LogP contribution in [0.25, 0.3) is 0 Å². The van der Waals surface area contributed by atoms with Crippen molar-refractivity contribution in [1.29, 1.82) is 5.26 Å². The molecule has 2 aromatic carbocycles. The Labute approximate surface area is 198 Å². The molecule has 0 aromatic heterocycles. The van der Waals surface area contributed by atoms with E-state index in [9.17, 15) is 18.0 Å². The molecule has 3 rings (SSSR count). The summed E-state index contributed by atoms with van der Waals surface area (Å²) in [5, 5.41) is 8.79. The first-order valence-electron chi connectivity index (χ1n) is 12.0. The van der Waals surface area contributed by atoms with E-state index in [2.05, 4.69) is 6.92 Å². The van der Waals surface area contributed by atoms with Gasteiger partial charge >= 0.3 is 5.97 Å². The van der Waals surface area contributed by atoms with Crippen molar-refractivity contribution < 1.29 is 27.4 Å². The zero-order chi connectivity index (χ0) is 24.5. The van der Waals surface area contributed by atoms with Crippen molar-refractivity contribution in [2.45, 2.75) is 64.7 Å². The van der Waals surface area contributed by atoms with Crippen molar-refractivity contribution >= 4 is 5.97 Å². The molecule has 0 amide bonds. The highest BCUT2D eigenvalue weighted by atomic mass is 19.2. The van der Waals surface area contributed by atoms with Gasteiger partial charge in [0.1, 0.15) is 17.1 Å². The van der Waals surface area contributed by atoms with Crippen LogP contribution >= 0.6 is 0 Å². The summed E-state index contributed by atoms with van der Waals surface area (Å²) < 4.78 is 54.0. The minimum atomic E-state index is -1.65. The second kappa shape index (κ2) is 12.5. The summed E-state index contributed by atoms with van der Waals surface area (Å²) in [5.74, 6) is -5.36. The molecule has 0 unspecified atom stereocenters. The van der Waals surface area contributed by atoms with Crippen LogP contribution in [0.5, 0.6) is 11.5 Å². The van der Waals surface area contributed by atoms with Gasteiger partial charge in [0.05, 0.1) is 18.2 Å². The number of nitriles is 1. The molecule has 1 aliphatic rings. The summed E-state index contributed by atoms with van der Waals surface area (Å²) >= 11 is 0. The van der Waals surface area contributed by atoms with Gasteiger partial charge < -0.3 is 9.47 Å². The summed E-state index contributed by atoms with van der Waals surface area (Å²) in [6, 6.07) is 7.96. The quantitative estimate of drug-likeness (QED) is 0.157. The fraction of sp³-hybridized carbons (Fsp3) is 0.481. The molecule has 4 nitrogen and oxygen atoms in total. The number of halogens is 3. The Kier molecular flexibility index (Phi) is 9.38. The standard InChI is InChI=1S/C27H30F3NO3/c1-2-3-4-5-6-18-7-9-20(10-8-18)17-33-23-15-22(28)24(26(30)25(23)29)27(32)34-21-13-11-19(16-31)12-14-21/h11-15,18,20H,2-10,17H2,1H3. The molecule has 2 aromatic rings. The number of rotatable bonds is 10. The predicted octanol–water partition coefficient (Wildman–Crippen LogP) is 7.35. The van der Waals surface area contributed by atoms with Gasteiger partial charge in [-0.2, -0.15) is 9.65 Å². The van der Waals surface area contributed by atoms with Crippen LogP contribution in [-0.2, 0) is 0 Å². The first-order chi connectivity index (χ1) is 16.4. The van der Waals surface area contributed by atoms with Crippen molar-refractivity contribution in [3.8, 4) is 17.6 Å². The van der Waals surface area contributed by atoms with E-state index in [1.54, 1.807) is 0 Å². The third-order valence-electron chi connectivity index (χ3n) is 6.43. The molecular weight excluding hydrogens is 443 g/mol. The molecule has 0 atom stereocenters. The number of esters is 1. The average Bonchev–Trinajstić information content (AvgIpc) is 2.84. The Balaban J connectivity index is 1.55. The van der Waals surface area contributed by atoms with E-state index in [1.807, 2.05) is 6.07 Å². The summed E-state index contributed by atoms with van der Waals surface area (Å²) in [7, 11) is 0. The van der Waals surface area contributed by atoms with Crippen molar-refractivity contribution in [2.24, 2.45) is 11.8 Å². The smallest absolute Gasteiger partial charge is 0.349 e. The summed E-state index contributed by atoms with van der Waals surface area (Å²) in [5.41, 5.74) is -0.803. The lowest BCUT2D eigenvalue weighted by molar-refractivity contribution is 0.0722. The summed E-state index contributed by atoms with van der Waals surface area (Å²) in [6.07, 6.45) is 10.3. The third-order valence-corrected chi connectivity index (χ3v) is 6.43. The van der Waals surface area contributed by atoms with E-state index in [1.165, 1.54) is 56.4 Å². The first-order valence-corrected chi connectivity index (χ1v) is 12.0. The molecule has 0 bridgehead atoms. The third kappa shape index (κ3) is 6.75. The number of carbonyl (C=O) groups is 1. The summed E-state index contributed by atoms with van der Waals surface area (Å²) in [6.45, 7) is 2.37. The number of hydrogen-bond donors (Lipinski definition) is 0. The molecule has 7 heteroatoms. The van der Waals surface area contributed by atoms with Crippen molar-refractivity contribution in [2.75, 3.05) is 6.61 Å². The monoisotopic (exact) mass is 473 g/mol. The molecule has 1 aliphatic carbocycles. The summed E-state index contributed by atoms with van der Waals surface area (Å²) in [4.78, 5) is 12.2. The SMILES string of the molecule is CCCCCCC1CCC(COc2cc(F)c(C(=O)Oc3ccc(C#N)cc3)c(F)c2F)CC1. The molecular formula is C27H30F3NO3. The zero-order valence-corrected chi connectivity index (χ0v) is 19.4. The van der Waals surface area contributed by atoms with Crippen LogP contribution in [0.3, 0.4) is 0 Å². The van der Waals surface area contributed by atoms with Crippen molar-refractivity contribution in [1.82, 2.24) is 0 Å². The number of hydrogen-bond acceptors (Lipinski definition) is 4. The van der Waals surface area contributed by atoms with E-state index < -0.39 is 34.7 Å². The number of unbranched alkanes of at least 4 members (excludes halogenated alkanes) is 3. The number of carbonyl (C=O) groups excluding carboxylic acids is 1. The highest BCUT2D eigenvalue weighted by molar-refractivity contribution is 5.92. The molecule has 182 valence electrons. The Bertz CT molecular complexity index is 1010. The number of nitrogens with zero attached hydrogens (tertiary/aromatic N) is 1. The lowest BCUT2D eigenvalue weighted by Crippen LogP contribution is -2.21. The van der Waals surface area contributed by atoms with Gasteiger partial charge in [-0.1, -0.05) is 51.9 Å². The van der Waals surface area contributed by atoms with Crippen LogP contribution in [0.2, 0.25) is 0 Å². The maximum atomic E-state index is 14.5. The molecule has 1 saturated carbocycles. The van der Waals surface area contributed by atoms with Crippen molar-refractivity contribution in [3.05, 3.63) is 58.9 Å². The van der Waals surface area contributed by atoms with Crippen LogP contribution < -0.4 is 9.47 Å². The maximum absolute atomic E-state index is 14.5. The number of ether oxygens (including phenoxy) is 2. The molecule has 0 radical (unpaired) electrons. The van der Waals surface area contributed by atoms with Gasteiger partial charge in [0.2, 0.25) is 5.82 Å². The molecule has 0 spiro atoms. The van der Waals surface area contributed by atoms with E-state index in [0.717, 1.165) is 25.7 Å². The van der Waals surface area contributed by atoms with Crippen LogP contribution in [0.1, 0.15) is 80.6 Å². The van der Waals surface area contributed by atoms with Gasteiger partial charge in [-0.05, 0) is 48.9 Å². The zero-order valence-electron chi connectivity index (χ0n) is 19.4. The van der Waals surface area contributed by atoms with Gasteiger partial charge in [0, 0.05) is 6.07 Å².